The fourth-order valence-corrected chi connectivity index (χ4v) is 7.02. The van der Waals surface area contributed by atoms with E-state index < -0.39 is 6.10 Å². The first-order valence-electron chi connectivity index (χ1n) is 27.3. The highest BCUT2D eigenvalue weighted by molar-refractivity contribution is 5.71. The average molecular weight is 939 g/mol. The molecule has 382 valence electrons. The molecule has 6 heteroatoms. The third-order valence-electron chi connectivity index (χ3n) is 11.1. The number of carbonyl (C=O) groups excluding carboxylic acids is 3. The molecule has 0 saturated heterocycles. The second-order valence-electron chi connectivity index (χ2n) is 17.6. The van der Waals surface area contributed by atoms with Crippen LogP contribution in [-0.4, -0.2) is 37.2 Å². The number of hydrogen-bond acceptors (Lipinski definition) is 6. The highest BCUT2D eigenvalue weighted by Crippen LogP contribution is 2.14. The Morgan fingerprint density at radius 2 is 0.662 bits per heavy atom. The van der Waals surface area contributed by atoms with E-state index >= 15 is 0 Å². The van der Waals surface area contributed by atoms with E-state index in [2.05, 4.69) is 99.8 Å². The van der Waals surface area contributed by atoms with Gasteiger partial charge in [0.25, 0.3) is 0 Å². The van der Waals surface area contributed by atoms with Crippen molar-refractivity contribution in [1.29, 1.82) is 0 Å². The second kappa shape index (κ2) is 55.1. The van der Waals surface area contributed by atoms with Gasteiger partial charge in [0.2, 0.25) is 0 Å². The van der Waals surface area contributed by atoms with Gasteiger partial charge >= 0.3 is 17.9 Å². The summed E-state index contributed by atoms with van der Waals surface area (Å²) in [4.78, 5) is 38.1. The largest absolute Gasteiger partial charge is 0.462 e. The van der Waals surface area contributed by atoms with Crippen LogP contribution in [0, 0.1) is 0 Å². The minimum Gasteiger partial charge on any atom is -0.462 e. The Hall–Kier alpha value is -4.45. The highest BCUT2D eigenvalue weighted by atomic mass is 16.6. The topological polar surface area (TPSA) is 78.9 Å². The van der Waals surface area contributed by atoms with Crippen LogP contribution in [0.3, 0.4) is 0 Å². The molecule has 0 heterocycles. The van der Waals surface area contributed by atoms with Crippen LogP contribution in [0.15, 0.2) is 134 Å². The highest BCUT2D eigenvalue weighted by Gasteiger charge is 2.19. The van der Waals surface area contributed by atoms with E-state index in [9.17, 15) is 14.4 Å². The third kappa shape index (κ3) is 52.5. The summed E-state index contributed by atoms with van der Waals surface area (Å²) in [7, 11) is 0. The van der Waals surface area contributed by atoms with Gasteiger partial charge in [0.05, 0.1) is 0 Å². The molecule has 0 rings (SSSR count). The van der Waals surface area contributed by atoms with Gasteiger partial charge in [-0.1, -0.05) is 244 Å². The fourth-order valence-electron chi connectivity index (χ4n) is 7.02. The van der Waals surface area contributed by atoms with E-state index in [1.807, 2.05) is 54.7 Å². The predicted octanol–water partition coefficient (Wildman–Crippen LogP) is 18.3. The SMILES string of the molecule is CC\C=C/C=C\C=C/C=C\C=C/CCCC(=O)OCC(COC(=O)CCCCCCCCCCC/C=C\C/C=C\C/C=C\CC)OC(=O)CCCCCCC\C=C/C=C\C=C/CCCCCCC. The van der Waals surface area contributed by atoms with Crippen molar-refractivity contribution in [2.45, 2.75) is 226 Å². The van der Waals surface area contributed by atoms with Crippen molar-refractivity contribution in [3.63, 3.8) is 0 Å². The Morgan fingerprint density at radius 3 is 1.13 bits per heavy atom. The van der Waals surface area contributed by atoms with Gasteiger partial charge in [0.1, 0.15) is 13.2 Å². The summed E-state index contributed by atoms with van der Waals surface area (Å²) >= 11 is 0. The maximum atomic E-state index is 12.8. The van der Waals surface area contributed by atoms with E-state index in [1.165, 1.54) is 70.6 Å². The lowest BCUT2D eigenvalue weighted by Crippen LogP contribution is -2.30. The van der Waals surface area contributed by atoms with Gasteiger partial charge < -0.3 is 14.2 Å². The first-order valence-corrected chi connectivity index (χ1v) is 27.3. The molecule has 1 unspecified atom stereocenters. The van der Waals surface area contributed by atoms with Crippen molar-refractivity contribution in [3.8, 4) is 0 Å². The van der Waals surface area contributed by atoms with Crippen LogP contribution in [0.4, 0.5) is 0 Å². The minimum absolute atomic E-state index is 0.117. The molecule has 0 N–H and O–H groups in total. The quantitative estimate of drug-likeness (QED) is 0.0199. The molecule has 0 aromatic carbocycles. The molecule has 0 amide bonds. The van der Waals surface area contributed by atoms with E-state index in [-0.39, 0.29) is 44.0 Å². The smallest absolute Gasteiger partial charge is 0.306 e. The number of esters is 3. The van der Waals surface area contributed by atoms with Crippen molar-refractivity contribution >= 4 is 17.9 Å². The normalized spacial score (nSPS) is 13.2. The van der Waals surface area contributed by atoms with Gasteiger partial charge in [0.15, 0.2) is 6.10 Å². The van der Waals surface area contributed by atoms with Gasteiger partial charge in [-0.15, -0.1) is 0 Å². The van der Waals surface area contributed by atoms with Gasteiger partial charge in [-0.25, -0.2) is 0 Å². The monoisotopic (exact) mass is 939 g/mol. The second-order valence-corrected chi connectivity index (χ2v) is 17.6. The van der Waals surface area contributed by atoms with E-state index in [0.29, 0.717) is 12.8 Å². The molecule has 0 aromatic rings. The first kappa shape index (κ1) is 63.5. The standard InChI is InChI=1S/C62H98O6/c1-4-7-10-13-16-19-22-25-27-29-31-33-34-37-40-43-46-49-52-55-61(64)67-58-59(57-66-60(63)54-51-48-45-42-39-36-24-21-18-15-12-9-6-3)68-62(65)56-53-50-47-44-41-38-35-32-30-28-26-23-20-17-14-11-8-5-2/h7,9-10,12,15-16,18-19,21,23-28,30,32,35-36,39,42,45,59H,4-6,8,11,13-14,17,20,22,29,31,33-34,37-38,40-41,43-44,46-58H2,1-3H3/b10-7-,12-9-,18-15-,19-16-,24-21-,26-23-,27-25-,30-28-,35-32-,39-36-,45-42-. The Kier molecular flexibility index (Phi) is 51.5. The van der Waals surface area contributed by atoms with Crippen molar-refractivity contribution < 1.29 is 28.6 Å². The molecule has 0 aliphatic carbocycles. The summed E-state index contributed by atoms with van der Waals surface area (Å²) in [5, 5.41) is 0. The van der Waals surface area contributed by atoms with Crippen molar-refractivity contribution in [3.05, 3.63) is 134 Å². The van der Waals surface area contributed by atoms with Gasteiger partial charge in [0, 0.05) is 19.3 Å². The molecule has 1 atom stereocenters. The van der Waals surface area contributed by atoms with Crippen molar-refractivity contribution in [1.82, 2.24) is 0 Å². The molecule has 0 radical (unpaired) electrons. The lowest BCUT2D eigenvalue weighted by molar-refractivity contribution is -0.167. The van der Waals surface area contributed by atoms with Gasteiger partial charge in [-0.2, -0.15) is 0 Å². The maximum Gasteiger partial charge on any atom is 0.306 e. The molecule has 0 fully saturated rings. The first-order chi connectivity index (χ1) is 33.5. The van der Waals surface area contributed by atoms with Crippen LogP contribution in [-0.2, 0) is 28.6 Å². The summed E-state index contributed by atoms with van der Waals surface area (Å²) in [5.41, 5.74) is 0. The average Bonchev–Trinajstić information content (AvgIpc) is 3.34. The van der Waals surface area contributed by atoms with E-state index in [0.717, 1.165) is 103 Å². The van der Waals surface area contributed by atoms with Crippen molar-refractivity contribution in [2.75, 3.05) is 13.2 Å². The molecule has 0 aliphatic rings. The van der Waals surface area contributed by atoms with Crippen LogP contribution in [0.2, 0.25) is 0 Å². The number of allylic oxidation sites excluding steroid dienone is 22. The molecule has 0 spiro atoms. The number of rotatable bonds is 47. The molecule has 0 aromatic heterocycles. The van der Waals surface area contributed by atoms with Crippen LogP contribution in [0.5, 0.6) is 0 Å². The number of carbonyl (C=O) groups is 3. The van der Waals surface area contributed by atoms with Crippen LogP contribution >= 0.6 is 0 Å². The van der Waals surface area contributed by atoms with Crippen LogP contribution in [0.25, 0.3) is 0 Å². The molecule has 68 heavy (non-hydrogen) atoms. The number of ether oxygens (including phenoxy) is 3. The third-order valence-corrected chi connectivity index (χ3v) is 11.1. The summed E-state index contributed by atoms with van der Waals surface area (Å²) in [6, 6.07) is 0. The lowest BCUT2D eigenvalue weighted by Gasteiger charge is -2.18. The molecule has 0 saturated carbocycles. The minimum atomic E-state index is -0.825. The molecule has 6 nitrogen and oxygen atoms in total. The summed E-state index contributed by atoms with van der Waals surface area (Å²) in [6.07, 6.45) is 77.3. The predicted molar refractivity (Wildman–Crippen MR) is 292 cm³/mol. The zero-order valence-electron chi connectivity index (χ0n) is 43.6. The Morgan fingerprint density at radius 1 is 0.324 bits per heavy atom. The zero-order valence-corrected chi connectivity index (χ0v) is 43.6. The molecular weight excluding hydrogens is 841 g/mol. The maximum absolute atomic E-state index is 12.8. The molecule has 0 bridgehead atoms. The number of unbranched alkanes of at least 4 members (excludes halogenated alkanes) is 20. The summed E-state index contributed by atoms with van der Waals surface area (Å²) < 4.78 is 16.7. The van der Waals surface area contributed by atoms with Crippen LogP contribution < -0.4 is 0 Å². The van der Waals surface area contributed by atoms with Crippen LogP contribution in [0.1, 0.15) is 220 Å². The molecule has 0 aliphatic heterocycles. The molecular formula is C62H98O6. The van der Waals surface area contributed by atoms with E-state index in [4.69, 9.17) is 14.2 Å². The summed E-state index contributed by atoms with van der Waals surface area (Å²) in [6.45, 7) is 6.27. The van der Waals surface area contributed by atoms with Gasteiger partial charge in [-0.3, -0.25) is 14.4 Å². The fraction of sp³-hybridized carbons (Fsp3) is 0.597. The Bertz CT molecular complexity index is 1500. The lowest BCUT2D eigenvalue weighted by atomic mass is 10.1. The number of hydrogen-bond donors (Lipinski definition) is 0. The van der Waals surface area contributed by atoms with E-state index in [1.54, 1.807) is 0 Å². The Labute approximate surface area is 417 Å². The zero-order chi connectivity index (χ0) is 49.3. The summed E-state index contributed by atoms with van der Waals surface area (Å²) in [5.74, 6) is -1.03. The van der Waals surface area contributed by atoms with Gasteiger partial charge in [-0.05, 0) is 89.9 Å². The van der Waals surface area contributed by atoms with Crippen molar-refractivity contribution in [2.24, 2.45) is 0 Å². The Balaban J connectivity index is 4.52.